The Morgan fingerprint density at radius 3 is 2.10 bits per heavy atom. The van der Waals surface area contributed by atoms with Crippen LogP contribution in [0.4, 0.5) is 0 Å². The molecule has 5 fully saturated rings. The van der Waals surface area contributed by atoms with Gasteiger partial charge < -0.3 is 0 Å². The summed E-state index contributed by atoms with van der Waals surface area (Å²) in [5.74, 6) is 4.32. The molecule has 0 aromatic carbocycles. The minimum absolute atomic E-state index is 0.249. The van der Waals surface area contributed by atoms with Crippen LogP contribution >= 0.6 is 0 Å². The first-order valence-electron chi connectivity index (χ1n) is 13.9. The molecule has 5 saturated carbocycles. The highest BCUT2D eigenvalue weighted by Crippen LogP contribution is 2.74. The van der Waals surface area contributed by atoms with Crippen LogP contribution in [0.2, 0.25) is 0 Å². The summed E-state index contributed by atoms with van der Waals surface area (Å²) in [4.78, 5) is 12.7. The van der Waals surface area contributed by atoms with Gasteiger partial charge in [-0.2, -0.15) is 0 Å². The molecule has 31 heavy (non-hydrogen) atoms. The molecule has 176 valence electrons. The molecule has 0 amide bonds. The number of rotatable bonds is 1. The number of carbonyl (C=O) groups is 1. The molecule has 0 radical (unpaired) electrons. The molecule has 0 aromatic rings. The largest absolute Gasteiger partial charge is 0.299 e. The first-order chi connectivity index (χ1) is 14.4. The highest BCUT2D eigenvalue weighted by Gasteiger charge is 2.67. The van der Waals surface area contributed by atoms with E-state index in [9.17, 15) is 4.79 Å². The van der Waals surface area contributed by atoms with E-state index in [0.717, 1.165) is 30.1 Å². The molecule has 5 rings (SSSR count). The molecule has 1 heteroatoms. The molecule has 0 heterocycles. The summed E-state index contributed by atoms with van der Waals surface area (Å²) in [5, 5.41) is 0. The van der Waals surface area contributed by atoms with Crippen LogP contribution in [-0.4, -0.2) is 5.78 Å². The lowest BCUT2D eigenvalue weighted by molar-refractivity contribution is -0.220. The third-order valence-corrected chi connectivity index (χ3v) is 13.6. The van der Waals surface area contributed by atoms with Gasteiger partial charge in [0.1, 0.15) is 5.78 Å². The van der Waals surface area contributed by atoms with Gasteiger partial charge in [0.25, 0.3) is 0 Å². The van der Waals surface area contributed by atoms with Crippen LogP contribution in [0.1, 0.15) is 126 Å². The molecular weight excluding hydrogens is 376 g/mol. The summed E-state index contributed by atoms with van der Waals surface area (Å²) in [6.07, 6.45) is 16.3. The quantitative estimate of drug-likeness (QED) is 0.411. The fourth-order valence-electron chi connectivity index (χ4n) is 11.0. The molecule has 0 saturated heterocycles. The van der Waals surface area contributed by atoms with Crippen LogP contribution in [0.25, 0.3) is 0 Å². The topological polar surface area (TPSA) is 17.1 Å². The molecule has 0 bridgehead atoms. The number of hydrogen-bond acceptors (Lipinski definition) is 1. The van der Waals surface area contributed by atoms with Gasteiger partial charge in [0.15, 0.2) is 0 Å². The average molecular weight is 427 g/mol. The summed E-state index contributed by atoms with van der Waals surface area (Å²) in [5.41, 5.74) is 2.40. The standard InChI is InChI=1S/C30H50O/c1-8-26(3)15-16-27(4)17-18-29(6)21(22(27)19-26)11-13-30(7)24-10-9-23(31)20(2)28(24,5)14-12-25(29)30/h20-22,24-25H,8-19H2,1-7H3. The third kappa shape index (κ3) is 2.89. The van der Waals surface area contributed by atoms with Gasteiger partial charge in [-0.1, -0.05) is 54.9 Å². The van der Waals surface area contributed by atoms with Crippen LogP contribution < -0.4 is 0 Å². The predicted molar refractivity (Wildman–Crippen MR) is 130 cm³/mol. The Hall–Kier alpha value is -0.330. The molecule has 0 N–H and O–H groups in total. The van der Waals surface area contributed by atoms with E-state index < -0.39 is 0 Å². The molecule has 0 aromatic heterocycles. The van der Waals surface area contributed by atoms with Crippen molar-refractivity contribution in [2.75, 3.05) is 0 Å². The van der Waals surface area contributed by atoms with Crippen molar-refractivity contribution in [1.29, 1.82) is 0 Å². The zero-order valence-electron chi connectivity index (χ0n) is 21.8. The van der Waals surface area contributed by atoms with Gasteiger partial charge in [0.2, 0.25) is 0 Å². The average Bonchev–Trinajstić information content (AvgIpc) is 2.72. The Bertz CT molecular complexity index is 756. The van der Waals surface area contributed by atoms with E-state index in [1.54, 1.807) is 0 Å². The summed E-state index contributed by atoms with van der Waals surface area (Å²) < 4.78 is 0. The summed E-state index contributed by atoms with van der Waals surface area (Å²) in [6, 6.07) is 0. The highest BCUT2D eigenvalue weighted by molar-refractivity contribution is 5.82. The van der Waals surface area contributed by atoms with Crippen molar-refractivity contribution in [3.63, 3.8) is 0 Å². The molecular formula is C30H50O. The minimum atomic E-state index is 0.249. The number of carbonyl (C=O) groups excluding carboxylic acids is 1. The van der Waals surface area contributed by atoms with E-state index in [0.29, 0.717) is 27.4 Å². The Kier molecular flexibility index (Phi) is 4.96. The van der Waals surface area contributed by atoms with Crippen molar-refractivity contribution in [2.24, 2.45) is 56.7 Å². The lowest BCUT2D eigenvalue weighted by Crippen LogP contribution is -2.64. The van der Waals surface area contributed by atoms with Crippen LogP contribution in [0.15, 0.2) is 0 Å². The van der Waals surface area contributed by atoms with Crippen LogP contribution in [0, 0.1) is 56.7 Å². The maximum atomic E-state index is 12.7. The Labute approximate surface area is 192 Å². The second-order valence-electron chi connectivity index (χ2n) is 14.7. The lowest BCUT2D eigenvalue weighted by Gasteiger charge is -2.71. The first-order valence-corrected chi connectivity index (χ1v) is 13.9. The van der Waals surface area contributed by atoms with Gasteiger partial charge in [0, 0.05) is 12.3 Å². The SMILES string of the molecule is CCC1(C)CCC2(C)CCC3(C)C(CCC4(C)C5CCC(=O)C(C)C5(C)CCC34)C2C1. The second kappa shape index (κ2) is 6.85. The summed E-state index contributed by atoms with van der Waals surface area (Å²) >= 11 is 0. The molecule has 1 nitrogen and oxygen atoms in total. The number of hydrogen-bond donors (Lipinski definition) is 0. The predicted octanol–water partition coefficient (Wildman–Crippen LogP) is 8.46. The molecule has 10 unspecified atom stereocenters. The van der Waals surface area contributed by atoms with Gasteiger partial charge in [0.05, 0.1) is 0 Å². The fourth-order valence-corrected chi connectivity index (χ4v) is 11.0. The van der Waals surface area contributed by atoms with Crippen LogP contribution in [0.5, 0.6) is 0 Å². The van der Waals surface area contributed by atoms with E-state index in [2.05, 4.69) is 48.5 Å². The van der Waals surface area contributed by atoms with E-state index in [4.69, 9.17) is 0 Å². The summed E-state index contributed by atoms with van der Waals surface area (Å²) in [7, 11) is 0. The Morgan fingerprint density at radius 1 is 0.742 bits per heavy atom. The van der Waals surface area contributed by atoms with Gasteiger partial charge in [-0.15, -0.1) is 0 Å². The molecule has 0 aliphatic heterocycles. The maximum absolute atomic E-state index is 12.7. The van der Waals surface area contributed by atoms with Gasteiger partial charge >= 0.3 is 0 Å². The van der Waals surface area contributed by atoms with Crippen molar-refractivity contribution >= 4 is 5.78 Å². The fraction of sp³-hybridized carbons (Fsp3) is 0.967. The van der Waals surface area contributed by atoms with Crippen molar-refractivity contribution < 1.29 is 4.79 Å². The van der Waals surface area contributed by atoms with Crippen LogP contribution in [-0.2, 0) is 4.79 Å². The Morgan fingerprint density at radius 2 is 1.39 bits per heavy atom. The van der Waals surface area contributed by atoms with Crippen molar-refractivity contribution in [2.45, 2.75) is 126 Å². The zero-order valence-corrected chi connectivity index (χ0v) is 21.8. The van der Waals surface area contributed by atoms with Crippen molar-refractivity contribution in [3.8, 4) is 0 Å². The van der Waals surface area contributed by atoms with Gasteiger partial charge in [-0.3, -0.25) is 4.79 Å². The van der Waals surface area contributed by atoms with E-state index in [-0.39, 0.29) is 11.3 Å². The number of fused-ring (bicyclic) bond motifs is 7. The normalized spacial score (nSPS) is 59.2. The maximum Gasteiger partial charge on any atom is 0.136 e. The minimum Gasteiger partial charge on any atom is -0.299 e. The van der Waals surface area contributed by atoms with Crippen molar-refractivity contribution in [3.05, 3.63) is 0 Å². The molecule has 5 aliphatic rings. The van der Waals surface area contributed by atoms with Crippen LogP contribution in [0.3, 0.4) is 0 Å². The monoisotopic (exact) mass is 426 g/mol. The highest BCUT2D eigenvalue weighted by atomic mass is 16.1. The van der Waals surface area contributed by atoms with E-state index in [1.807, 2.05) is 0 Å². The number of Topliss-reactive ketones (excluding diaryl/α,β-unsaturated/α-hetero) is 1. The lowest BCUT2D eigenvalue weighted by atomic mass is 9.34. The molecule has 5 aliphatic carbocycles. The van der Waals surface area contributed by atoms with Gasteiger partial charge in [-0.05, 0) is 115 Å². The second-order valence-corrected chi connectivity index (χ2v) is 14.7. The number of ketones is 1. The van der Waals surface area contributed by atoms with E-state index >= 15 is 0 Å². The summed E-state index contributed by atoms with van der Waals surface area (Å²) in [6.45, 7) is 17.9. The first kappa shape index (κ1) is 22.5. The zero-order chi connectivity index (χ0) is 22.4. The molecule has 0 spiro atoms. The Balaban J connectivity index is 1.49. The third-order valence-electron chi connectivity index (χ3n) is 13.6. The van der Waals surface area contributed by atoms with Gasteiger partial charge in [-0.25, -0.2) is 0 Å². The smallest absolute Gasteiger partial charge is 0.136 e. The molecule has 10 atom stereocenters. The van der Waals surface area contributed by atoms with E-state index in [1.165, 1.54) is 70.6 Å². The van der Waals surface area contributed by atoms with Crippen molar-refractivity contribution in [1.82, 2.24) is 0 Å².